The van der Waals surface area contributed by atoms with E-state index in [4.69, 9.17) is 47.0 Å². The highest BCUT2D eigenvalue weighted by molar-refractivity contribution is 7.80. The van der Waals surface area contributed by atoms with Crippen LogP contribution >= 0.6 is 47.0 Å². The van der Waals surface area contributed by atoms with Crippen LogP contribution in [0.15, 0.2) is 36.4 Å². The van der Waals surface area contributed by atoms with Gasteiger partial charge >= 0.3 is 6.18 Å². The number of carbonyl (C=O) groups excluding carboxylic acids is 1. The van der Waals surface area contributed by atoms with Crippen LogP contribution in [-0.2, 0) is 6.18 Å². The van der Waals surface area contributed by atoms with Crippen LogP contribution in [0.5, 0.6) is 0 Å². The summed E-state index contributed by atoms with van der Waals surface area (Å²) in [5.74, 6) is -0.612. The van der Waals surface area contributed by atoms with Gasteiger partial charge in [-0.3, -0.25) is 10.1 Å². The van der Waals surface area contributed by atoms with Crippen molar-refractivity contribution in [3.8, 4) is 0 Å². The molecule has 10 heteroatoms. The second-order valence-electron chi connectivity index (χ2n) is 4.73. The molecule has 3 nitrogen and oxygen atoms in total. The average molecular weight is 428 g/mol. The summed E-state index contributed by atoms with van der Waals surface area (Å²) in [7, 11) is 0. The molecule has 2 N–H and O–H groups in total. The lowest BCUT2D eigenvalue weighted by Gasteiger charge is -2.13. The van der Waals surface area contributed by atoms with Gasteiger partial charge in [-0.2, -0.15) is 13.2 Å². The summed E-state index contributed by atoms with van der Waals surface area (Å²) >= 11 is 22.4. The number of nitrogens with one attached hydrogen (secondary N) is 2. The van der Waals surface area contributed by atoms with Crippen molar-refractivity contribution in [2.45, 2.75) is 6.18 Å². The van der Waals surface area contributed by atoms with Gasteiger partial charge in [0.15, 0.2) is 5.11 Å². The van der Waals surface area contributed by atoms with Gasteiger partial charge in [-0.1, -0.05) is 34.8 Å². The predicted octanol–water partition coefficient (Wildman–Crippen LogP) is 5.79. The molecule has 0 saturated carbocycles. The maximum absolute atomic E-state index is 12.7. The molecule has 2 aromatic carbocycles. The number of amides is 1. The summed E-state index contributed by atoms with van der Waals surface area (Å²) in [6.45, 7) is 0. The molecule has 25 heavy (non-hydrogen) atoms. The Morgan fingerprint density at radius 2 is 1.60 bits per heavy atom. The molecule has 0 aliphatic heterocycles. The van der Waals surface area contributed by atoms with E-state index in [1.54, 1.807) is 0 Å². The number of anilines is 1. The van der Waals surface area contributed by atoms with Crippen LogP contribution in [0.1, 0.15) is 15.9 Å². The minimum absolute atomic E-state index is 0.0131. The van der Waals surface area contributed by atoms with Crippen molar-refractivity contribution in [2.24, 2.45) is 0 Å². The largest absolute Gasteiger partial charge is 0.416 e. The second kappa shape index (κ2) is 7.78. The smallest absolute Gasteiger partial charge is 0.331 e. The molecule has 1 amide bonds. The quantitative estimate of drug-likeness (QED) is 0.596. The van der Waals surface area contributed by atoms with E-state index in [0.717, 1.165) is 18.2 Å². The van der Waals surface area contributed by atoms with E-state index in [-0.39, 0.29) is 31.4 Å². The van der Waals surface area contributed by atoms with Crippen LogP contribution in [0.25, 0.3) is 0 Å². The van der Waals surface area contributed by atoms with E-state index in [2.05, 4.69) is 10.6 Å². The molecule has 0 aromatic heterocycles. The van der Waals surface area contributed by atoms with Gasteiger partial charge < -0.3 is 5.32 Å². The highest BCUT2D eigenvalue weighted by Gasteiger charge is 2.31. The fraction of sp³-hybridized carbons (Fsp3) is 0.0667. The highest BCUT2D eigenvalue weighted by Crippen LogP contribution is 2.33. The number of alkyl halides is 3. The Kier molecular flexibility index (Phi) is 6.16. The zero-order valence-electron chi connectivity index (χ0n) is 12.0. The first kappa shape index (κ1) is 19.8. The number of hydrogen-bond donors (Lipinski definition) is 2. The first-order valence-electron chi connectivity index (χ1n) is 6.52. The molecule has 0 heterocycles. The summed E-state index contributed by atoms with van der Waals surface area (Å²) in [6.07, 6.45) is -4.54. The van der Waals surface area contributed by atoms with E-state index < -0.39 is 17.6 Å². The maximum atomic E-state index is 12.7. The van der Waals surface area contributed by atoms with E-state index in [9.17, 15) is 18.0 Å². The van der Waals surface area contributed by atoms with E-state index in [0.29, 0.717) is 0 Å². The minimum Gasteiger partial charge on any atom is -0.331 e. The van der Waals surface area contributed by atoms with Crippen LogP contribution in [0.2, 0.25) is 15.1 Å². The molecule has 0 fully saturated rings. The van der Waals surface area contributed by atoms with Gasteiger partial charge in [-0.25, -0.2) is 0 Å². The summed E-state index contributed by atoms with van der Waals surface area (Å²) in [5.41, 5.74) is -0.817. The van der Waals surface area contributed by atoms with Crippen molar-refractivity contribution in [1.29, 1.82) is 0 Å². The first-order chi connectivity index (χ1) is 11.6. The number of rotatable bonds is 2. The molecule has 2 aromatic rings. The molecule has 0 unspecified atom stereocenters. The third kappa shape index (κ3) is 5.22. The minimum atomic E-state index is -4.54. The monoisotopic (exact) mass is 426 g/mol. The second-order valence-corrected chi connectivity index (χ2v) is 6.36. The van der Waals surface area contributed by atoms with Gasteiger partial charge in [0.2, 0.25) is 0 Å². The van der Waals surface area contributed by atoms with Gasteiger partial charge in [0.05, 0.1) is 26.3 Å². The lowest BCUT2D eigenvalue weighted by molar-refractivity contribution is -0.137. The number of halogens is 6. The molecule has 0 atom stereocenters. The standard InChI is InChI=1S/C15H8Cl3F3N2OS/c16-9-3-1-7(5-11(9)18)13(24)23-14(25)22-12-6-8(15(19,20)21)2-4-10(12)17/h1-6H,(H2,22,23,24,25). The predicted molar refractivity (Wildman–Crippen MR) is 96.6 cm³/mol. The van der Waals surface area contributed by atoms with Gasteiger partial charge in [-0.15, -0.1) is 0 Å². The van der Waals surface area contributed by atoms with Crippen LogP contribution < -0.4 is 10.6 Å². The van der Waals surface area contributed by atoms with Crippen LogP contribution in [0.3, 0.4) is 0 Å². The first-order valence-corrected chi connectivity index (χ1v) is 8.06. The van der Waals surface area contributed by atoms with E-state index >= 15 is 0 Å². The van der Waals surface area contributed by atoms with Crippen molar-refractivity contribution in [2.75, 3.05) is 5.32 Å². The van der Waals surface area contributed by atoms with Gasteiger partial charge in [0, 0.05) is 5.56 Å². The fourth-order valence-electron chi connectivity index (χ4n) is 1.76. The van der Waals surface area contributed by atoms with Crippen LogP contribution in [-0.4, -0.2) is 11.0 Å². The topological polar surface area (TPSA) is 41.1 Å². The van der Waals surface area contributed by atoms with Crippen molar-refractivity contribution in [3.63, 3.8) is 0 Å². The molecule has 0 aliphatic carbocycles. The molecule has 0 bridgehead atoms. The molecule has 0 radical (unpaired) electrons. The van der Waals surface area contributed by atoms with Crippen molar-refractivity contribution >= 4 is 63.7 Å². The fourth-order valence-corrected chi connectivity index (χ4v) is 2.43. The van der Waals surface area contributed by atoms with Gasteiger partial charge in [-0.05, 0) is 48.6 Å². The summed E-state index contributed by atoms with van der Waals surface area (Å²) in [4.78, 5) is 12.1. The number of thiocarbonyl (C=S) groups is 1. The van der Waals surface area contributed by atoms with E-state index in [1.807, 2.05) is 0 Å². The van der Waals surface area contributed by atoms with Crippen molar-refractivity contribution < 1.29 is 18.0 Å². The van der Waals surface area contributed by atoms with Crippen LogP contribution in [0.4, 0.5) is 18.9 Å². The molecular formula is C15H8Cl3F3N2OS. The Labute approximate surface area is 161 Å². The molecule has 0 spiro atoms. The summed E-state index contributed by atoms with van der Waals surface area (Å²) < 4.78 is 38.2. The van der Waals surface area contributed by atoms with E-state index in [1.165, 1.54) is 18.2 Å². The van der Waals surface area contributed by atoms with Crippen LogP contribution in [0, 0.1) is 0 Å². The lowest BCUT2D eigenvalue weighted by Crippen LogP contribution is -2.34. The molecule has 2 rings (SSSR count). The van der Waals surface area contributed by atoms with Crippen molar-refractivity contribution in [1.82, 2.24) is 5.32 Å². The Morgan fingerprint density at radius 1 is 0.960 bits per heavy atom. The molecule has 132 valence electrons. The van der Waals surface area contributed by atoms with Gasteiger partial charge in [0.25, 0.3) is 5.91 Å². The Balaban J connectivity index is 2.12. The molecule has 0 aliphatic rings. The SMILES string of the molecule is O=C(NC(=S)Nc1cc(C(F)(F)F)ccc1Cl)c1ccc(Cl)c(Cl)c1. The van der Waals surface area contributed by atoms with Gasteiger partial charge in [0.1, 0.15) is 0 Å². The zero-order valence-corrected chi connectivity index (χ0v) is 15.1. The molecular weight excluding hydrogens is 420 g/mol. The lowest BCUT2D eigenvalue weighted by atomic mass is 10.2. The number of hydrogen-bond acceptors (Lipinski definition) is 2. The Bertz CT molecular complexity index is 843. The van der Waals surface area contributed by atoms with Crippen molar-refractivity contribution in [3.05, 3.63) is 62.6 Å². The third-order valence-electron chi connectivity index (χ3n) is 2.95. The Hall–Kier alpha value is -1.54. The third-order valence-corrected chi connectivity index (χ3v) is 4.22. The average Bonchev–Trinajstić information content (AvgIpc) is 2.50. The number of carbonyl (C=O) groups is 1. The molecule has 0 saturated heterocycles. The summed E-state index contributed by atoms with van der Waals surface area (Å²) in [5, 5.41) is 5.01. The zero-order chi connectivity index (χ0) is 18.8. The Morgan fingerprint density at radius 3 is 2.20 bits per heavy atom. The number of benzene rings is 2. The summed E-state index contributed by atoms with van der Waals surface area (Å²) in [6, 6.07) is 6.89. The maximum Gasteiger partial charge on any atom is 0.416 e. The normalized spacial score (nSPS) is 11.1. The highest BCUT2D eigenvalue weighted by atomic mass is 35.5.